The van der Waals surface area contributed by atoms with E-state index in [-0.39, 0.29) is 15.6 Å². The van der Waals surface area contributed by atoms with Crippen LogP contribution in [-0.4, -0.2) is 20.0 Å². The number of rotatable bonds is 4. The Bertz CT molecular complexity index is 656. The van der Waals surface area contributed by atoms with Gasteiger partial charge in [0, 0.05) is 0 Å². The highest BCUT2D eigenvalue weighted by atomic mass is 79.9. The lowest BCUT2D eigenvalue weighted by atomic mass is 10.0. The van der Waals surface area contributed by atoms with E-state index in [1.54, 1.807) is 24.3 Å². The number of para-hydroxylation sites is 1. The van der Waals surface area contributed by atoms with Gasteiger partial charge in [0.2, 0.25) is 0 Å². The molecule has 0 atom stereocenters. The highest BCUT2D eigenvalue weighted by Crippen LogP contribution is 2.33. The number of benzene rings is 2. The Labute approximate surface area is 124 Å². The lowest BCUT2D eigenvalue weighted by Crippen LogP contribution is -2.07. The maximum absolute atomic E-state index is 14.0. The maximum atomic E-state index is 14.0. The van der Waals surface area contributed by atoms with Gasteiger partial charge in [0.15, 0.2) is 17.3 Å². The average Bonchev–Trinajstić information content (AvgIpc) is 2.48. The lowest BCUT2D eigenvalue weighted by Gasteiger charge is -2.12. The van der Waals surface area contributed by atoms with E-state index in [4.69, 9.17) is 9.47 Å². The lowest BCUT2D eigenvalue weighted by molar-refractivity contribution is 0.103. The molecule has 0 radical (unpaired) electrons. The second kappa shape index (κ2) is 6.05. The van der Waals surface area contributed by atoms with Crippen LogP contribution in [0.5, 0.6) is 11.5 Å². The fourth-order valence-corrected chi connectivity index (χ4v) is 2.26. The quantitative estimate of drug-likeness (QED) is 0.794. The zero-order chi connectivity index (χ0) is 14.7. The van der Waals surface area contributed by atoms with Gasteiger partial charge in [-0.05, 0) is 40.2 Å². The molecule has 0 saturated carbocycles. The van der Waals surface area contributed by atoms with Crippen molar-refractivity contribution >= 4 is 21.7 Å². The van der Waals surface area contributed by atoms with Crippen molar-refractivity contribution in [3.63, 3.8) is 0 Å². The molecule has 3 nitrogen and oxygen atoms in total. The molecule has 0 aliphatic heterocycles. The van der Waals surface area contributed by atoms with Crippen LogP contribution in [0.3, 0.4) is 0 Å². The molecule has 2 aromatic carbocycles. The fraction of sp³-hybridized carbons (Fsp3) is 0.133. The molecule has 0 fully saturated rings. The van der Waals surface area contributed by atoms with Crippen molar-refractivity contribution in [2.45, 2.75) is 0 Å². The van der Waals surface area contributed by atoms with Crippen molar-refractivity contribution in [3.05, 3.63) is 57.8 Å². The normalized spacial score (nSPS) is 10.2. The number of methoxy groups -OCH3 is 2. The van der Waals surface area contributed by atoms with Gasteiger partial charge < -0.3 is 9.47 Å². The van der Waals surface area contributed by atoms with Crippen molar-refractivity contribution in [2.24, 2.45) is 0 Å². The first-order chi connectivity index (χ1) is 9.60. The van der Waals surface area contributed by atoms with E-state index in [0.717, 1.165) is 0 Å². The molecule has 2 rings (SSSR count). The molecule has 0 bridgehead atoms. The van der Waals surface area contributed by atoms with Gasteiger partial charge >= 0.3 is 0 Å². The van der Waals surface area contributed by atoms with E-state index in [0.29, 0.717) is 11.5 Å². The molecular formula is C15H12BrFO3. The van der Waals surface area contributed by atoms with Crippen LogP contribution in [-0.2, 0) is 0 Å². The molecule has 2 aromatic rings. The Balaban J connectivity index is 2.57. The summed E-state index contributed by atoms with van der Waals surface area (Å²) in [5.74, 6) is -0.338. The monoisotopic (exact) mass is 338 g/mol. The largest absolute Gasteiger partial charge is 0.493 e. The predicted octanol–water partition coefficient (Wildman–Crippen LogP) is 3.84. The first-order valence-electron chi connectivity index (χ1n) is 5.79. The Kier molecular flexibility index (Phi) is 4.39. The van der Waals surface area contributed by atoms with E-state index in [1.165, 1.54) is 26.4 Å². The second-order valence-corrected chi connectivity index (χ2v) is 4.83. The van der Waals surface area contributed by atoms with Crippen molar-refractivity contribution in [2.75, 3.05) is 14.2 Å². The zero-order valence-corrected chi connectivity index (χ0v) is 12.5. The van der Waals surface area contributed by atoms with Crippen LogP contribution in [0.15, 0.2) is 40.9 Å². The smallest absolute Gasteiger partial charge is 0.199 e. The van der Waals surface area contributed by atoms with Gasteiger partial charge in [-0.2, -0.15) is 0 Å². The predicted molar refractivity (Wildman–Crippen MR) is 77.1 cm³/mol. The summed E-state index contributed by atoms with van der Waals surface area (Å²) < 4.78 is 24.6. The number of hydrogen-bond acceptors (Lipinski definition) is 3. The molecule has 0 aliphatic rings. The number of carbonyl (C=O) groups is 1. The molecular weight excluding hydrogens is 327 g/mol. The van der Waals surface area contributed by atoms with Crippen LogP contribution in [0.1, 0.15) is 15.9 Å². The third-order valence-corrected chi connectivity index (χ3v) is 3.46. The van der Waals surface area contributed by atoms with E-state index in [9.17, 15) is 9.18 Å². The van der Waals surface area contributed by atoms with E-state index < -0.39 is 11.6 Å². The highest BCUT2D eigenvalue weighted by molar-refractivity contribution is 9.10. The Morgan fingerprint density at radius 1 is 1.05 bits per heavy atom. The van der Waals surface area contributed by atoms with Crippen molar-refractivity contribution in [1.82, 2.24) is 0 Å². The Hall–Kier alpha value is -1.88. The summed E-state index contributed by atoms with van der Waals surface area (Å²) in [6.45, 7) is 0. The van der Waals surface area contributed by atoms with Gasteiger partial charge in [0.1, 0.15) is 5.82 Å². The van der Waals surface area contributed by atoms with Gasteiger partial charge in [-0.1, -0.05) is 12.1 Å². The standard InChI is InChI=1S/C15H12BrFO3/c1-19-12-8-4-6-10(15(12)20-2)14(18)9-5-3-7-11(16)13(9)17/h3-8H,1-2H3. The van der Waals surface area contributed by atoms with Gasteiger partial charge in [0.25, 0.3) is 0 Å². The number of ether oxygens (including phenoxy) is 2. The Morgan fingerprint density at radius 3 is 2.35 bits per heavy atom. The molecule has 20 heavy (non-hydrogen) atoms. The molecule has 0 aromatic heterocycles. The number of hydrogen-bond donors (Lipinski definition) is 0. The van der Waals surface area contributed by atoms with E-state index >= 15 is 0 Å². The van der Waals surface area contributed by atoms with Gasteiger partial charge in [-0.3, -0.25) is 4.79 Å². The van der Waals surface area contributed by atoms with Crippen molar-refractivity contribution < 1.29 is 18.7 Å². The van der Waals surface area contributed by atoms with Crippen molar-refractivity contribution in [3.8, 4) is 11.5 Å². The zero-order valence-electron chi connectivity index (χ0n) is 10.9. The minimum Gasteiger partial charge on any atom is -0.493 e. The number of carbonyl (C=O) groups excluding carboxylic acids is 1. The summed E-state index contributed by atoms with van der Waals surface area (Å²) in [6, 6.07) is 9.48. The topological polar surface area (TPSA) is 35.5 Å². The highest BCUT2D eigenvalue weighted by Gasteiger charge is 2.21. The van der Waals surface area contributed by atoms with Crippen molar-refractivity contribution in [1.29, 1.82) is 0 Å². The van der Waals surface area contributed by atoms with E-state index in [2.05, 4.69) is 15.9 Å². The summed E-state index contributed by atoms with van der Waals surface area (Å²) >= 11 is 3.07. The van der Waals surface area contributed by atoms with Gasteiger partial charge in [0.05, 0.1) is 29.8 Å². The van der Waals surface area contributed by atoms with Crippen LogP contribution in [0.25, 0.3) is 0 Å². The van der Waals surface area contributed by atoms with Gasteiger partial charge in [-0.15, -0.1) is 0 Å². The molecule has 104 valence electrons. The molecule has 0 amide bonds. The SMILES string of the molecule is COc1cccc(C(=O)c2cccc(Br)c2F)c1OC. The van der Waals surface area contributed by atoms with Crippen LogP contribution in [0.2, 0.25) is 0 Å². The summed E-state index contributed by atoms with van der Waals surface area (Å²) in [5, 5.41) is 0. The van der Waals surface area contributed by atoms with Crippen LogP contribution in [0.4, 0.5) is 4.39 Å². The summed E-state index contributed by atoms with van der Waals surface area (Å²) in [5.41, 5.74) is 0.231. The number of halogens is 2. The van der Waals surface area contributed by atoms with Crippen LogP contribution >= 0.6 is 15.9 Å². The first kappa shape index (κ1) is 14.5. The fourth-order valence-electron chi connectivity index (χ4n) is 1.89. The Morgan fingerprint density at radius 2 is 1.70 bits per heavy atom. The van der Waals surface area contributed by atoms with Gasteiger partial charge in [-0.25, -0.2) is 4.39 Å². The molecule has 0 spiro atoms. The average molecular weight is 339 g/mol. The third-order valence-electron chi connectivity index (χ3n) is 2.84. The maximum Gasteiger partial charge on any atom is 0.199 e. The molecule has 0 unspecified atom stereocenters. The third kappa shape index (κ3) is 2.54. The molecule has 0 aliphatic carbocycles. The minimum absolute atomic E-state index is 0.0223. The summed E-state index contributed by atoms with van der Waals surface area (Å²) in [6.07, 6.45) is 0. The molecule has 0 heterocycles. The minimum atomic E-state index is -0.595. The molecule has 0 N–H and O–H groups in total. The molecule has 0 saturated heterocycles. The summed E-state index contributed by atoms with van der Waals surface area (Å²) in [7, 11) is 2.91. The first-order valence-corrected chi connectivity index (χ1v) is 6.59. The number of ketones is 1. The van der Waals surface area contributed by atoms with E-state index in [1.807, 2.05) is 0 Å². The summed E-state index contributed by atoms with van der Waals surface area (Å²) in [4.78, 5) is 12.5. The van der Waals surface area contributed by atoms with Crippen LogP contribution < -0.4 is 9.47 Å². The molecule has 5 heteroatoms. The van der Waals surface area contributed by atoms with Crippen LogP contribution in [0, 0.1) is 5.82 Å². The second-order valence-electron chi connectivity index (χ2n) is 3.97.